The molecule has 152 valence electrons. The van der Waals surface area contributed by atoms with E-state index < -0.39 is 17.6 Å². The molecule has 0 aromatic heterocycles. The number of nitrogens with zero attached hydrogens (tertiary/aromatic N) is 1. The highest BCUT2D eigenvalue weighted by atomic mass is 19.4. The Labute approximate surface area is 166 Å². The van der Waals surface area contributed by atoms with Crippen molar-refractivity contribution in [2.45, 2.75) is 38.3 Å². The Morgan fingerprint density at radius 1 is 1.03 bits per heavy atom. The van der Waals surface area contributed by atoms with Gasteiger partial charge >= 0.3 is 6.18 Å². The van der Waals surface area contributed by atoms with Gasteiger partial charge in [0.05, 0.1) is 5.56 Å². The van der Waals surface area contributed by atoms with Crippen LogP contribution in [0.3, 0.4) is 0 Å². The number of halogens is 3. The van der Waals surface area contributed by atoms with Crippen molar-refractivity contribution >= 4 is 23.2 Å². The van der Waals surface area contributed by atoms with Crippen LogP contribution in [0, 0.1) is 5.92 Å². The number of rotatable bonds is 3. The van der Waals surface area contributed by atoms with Crippen LogP contribution < -0.4 is 10.2 Å². The first kappa shape index (κ1) is 19.5. The van der Waals surface area contributed by atoms with Crippen LogP contribution >= 0.6 is 0 Å². The number of carbonyl (C=O) groups excluding carboxylic acids is 2. The molecule has 0 bridgehead atoms. The summed E-state index contributed by atoms with van der Waals surface area (Å²) in [6, 6.07) is 9.62. The fourth-order valence-electron chi connectivity index (χ4n) is 4.14. The number of amides is 2. The summed E-state index contributed by atoms with van der Waals surface area (Å²) in [5.41, 5.74) is 1.40. The lowest BCUT2D eigenvalue weighted by Crippen LogP contribution is -2.33. The van der Waals surface area contributed by atoms with Crippen molar-refractivity contribution in [1.29, 1.82) is 0 Å². The highest BCUT2D eigenvalue weighted by Crippen LogP contribution is 2.35. The third kappa shape index (κ3) is 3.99. The lowest BCUT2D eigenvalue weighted by molar-refractivity contribution is -0.137. The van der Waals surface area contributed by atoms with Gasteiger partial charge in [0.25, 0.3) is 5.91 Å². The maximum absolute atomic E-state index is 12.9. The molecule has 0 radical (unpaired) electrons. The largest absolute Gasteiger partial charge is 0.416 e. The van der Waals surface area contributed by atoms with Crippen LogP contribution in [0.15, 0.2) is 42.5 Å². The molecule has 1 saturated carbocycles. The SMILES string of the molecule is O=C(Nc1ccc2c(c1)CCN2C(=O)C1CCCC1)c1cccc(C(F)(F)F)c1. The molecule has 1 fully saturated rings. The first-order chi connectivity index (χ1) is 13.8. The van der Waals surface area contributed by atoms with Crippen LogP contribution in [0.4, 0.5) is 24.5 Å². The Balaban J connectivity index is 1.49. The number of benzene rings is 2. The Bertz CT molecular complexity index is 949. The van der Waals surface area contributed by atoms with E-state index in [2.05, 4.69) is 5.32 Å². The summed E-state index contributed by atoms with van der Waals surface area (Å²) in [6.45, 7) is 0.621. The number of nitrogens with one attached hydrogen (secondary N) is 1. The Morgan fingerprint density at radius 2 is 1.79 bits per heavy atom. The molecule has 7 heteroatoms. The second-order valence-corrected chi connectivity index (χ2v) is 7.60. The third-order valence-electron chi connectivity index (χ3n) is 5.66. The molecule has 0 spiro atoms. The lowest BCUT2D eigenvalue weighted by Gasteiger charge is -2.21. The molecule has 2 aromatic rings. The maximum atomic E-state index is 12.9. The van der Waals surface area contributed by atoms with E-state index in [9.17, 15) is 22.8 Å². The van der Waals surface area contributed by atoms with E-state index >= 15 is 0 Å². The Kier molecular flexibility index (Phi) is 5.06. The minimum Gasteiger partial charge on any atom is -0.322 e. The van der Waals surface area contributed by atoms with Gasteiger partial charge in [-0.25, -0.2) is 0 Å². The fourth-order valence-corrected chi connectivity index (χ4v) is 4.14. The van der Waals surface area contributed by atoms with Gasteiger partial charge in [-0.15, -0.1) is 0 Å². The molecule has 4 rings (SSSR count). The van der Waals surface area contributed by atoms with Crippen LogP contribution in [-0.2, 0) is 17.4 Å². The van der Waals surface area contributed by atoms with Gasteiger partial charge < -0.3 is 10.2 Å². The smallest absolute Gasteiger partial charge is 0.322 e. The molecule has 0 unspecified atom stereocenters. The quantitative estimate of drug-likeness (QED) is 0.782. The lowest BCUT2D eigenvalue weighted by atomic mass is 10.1. The molecule has 2 amide bonds. The summed E-state index contributed by atoms with van der Waals surface area (Å²) in [5.74, 6) is -0.337. The summed E-state index contributed by atoms with van der Waals surface area (Å²) in [6.07, 6.45) is 0.265. The average Bonchev–Trinajstić information content (AvgIpc) is 3.37. The zero-order valence-electron chi connectivity index (χ0n) is 15.8. The summed E-state index contributed by atoms with van der Waals surface area (Å²) >= 11 is 0. The number of carbonyl (C=O) groups is 2. The minimum absolute atomic E-state index is 0.0571. The number of anilines is 2. The molecule has 0 atom stereocenters. The molecule has 2 aromatic carbocycles. The van der Waals surface area contributed by atoms with Crippen LogP contribution in [0.2, 0.25) is 0 Å². The normalized spacial score (nSPS) is 16.7. The van der Waals surface area contributed by atoms with Gasteiger partial charge in [-0.2, -0.15) is 13.2 Å². The van der Waals surface area contributed by atoms with Gasteiger partial charge in [0.1, 0.15) is 0 Å². The van der Waals surface area contributed by atoms with Crippen molar-refractivity contribution in [1.82, 2.24) is 0 Å². The van der Waals surface area contributed by atoms with E-state index in [1.54, 1.807) is 18.2 Å². The molecular formula is C22H21F3N2O2. The maximum Gasteiger partial charge on any atom is 0.416 e. The standard InChI is InChI=1S/C22H21F3N2O2/c23-22(24,25)17-7-3-6-16(12-17)20(28)26-18-8-9-19-15(13-18)10-11-27(19)21(29)14-4-1-2-5-14/h3,6-9,12-14H,1-2,4-5,10-11H2,(H,26,28). The predicted octanol–water partition coefficient (Wildman–Crippen LogP) is 5.04. The molecule has 4 nitrogen and oxygen atoms in total. The van der Waals surface area contributed by atoms with Gasteiger partial charge in [-0.3, -0.25) is 9.59 Å². The molecule has 2 aliphatic rings. The molecule has 1 aliphatic carbocycles. The molecule has 1 N–H and O–H groups in total. The zero-order valence-corrected chi connectivity index (χ0v) is 15.8. The van der Waals surface area contributed by atoms with Crippen molar-refractivity contribution in [3.05, 3.63) is 59.2 Å². The van der Waals surface area contributed by atoms with E-state index in [0.717, 1.165) is 49.1 Å². The first-order valence-corrected chi connectivity index (χ1v) is 9.76. The molecule has 0 saturated heterocycles. The van der Waals surface area contributed by atoms with Crippen molar-refractivity contribution in [2.75, 3.05) is 16.8 Å². The molecular weight excluding hydrogens is 381 g/mol. The number of hydrogen-bond donors (Lipinski definition) is 1. The summed E-state index contributed by atoms with van der Waals surface area (Å²) in [5, 5.41) is 2.66. The van der Waals surface area contributed by atoms with Crippen molar-refractivity contribution < 1.29 is 22.8 Å². The summed E-state index contributed by atoms with van der Waals surface area (Å²) < 4.78 is 38.6. The van der Waals surface area contributed by atoms with Gasteiger partial charge in [0.2, 0.25) is 5.91 Å². The predicted molar refractivity (Wildman–Crippen MR) is 104 cm³/mol. The van der Waals surface area contributed by atoms with Gasteiger partial charge in [-0.05, 0) is 61.2 Å². The zero-order chi connectivity index (χ0) is 20.6. The molecule has 1 aliphatic heterocycles. The monoisotopic (exact) mass is 402 g/mol. The van der Waals surface area contributed by atoms with E-state index in [0.29, 0.717) is 18.7 Å². The number of alkyl halides is 3. The van der Waals surface area contributed by atoms with E-state index in [1.807, 2.05) is 4.90 Å². The third-order valence-corrected chi connectivity index (χ3v) is 5.66. The average molecular weight is 402 g/mol. The minimum atomic E-state index is -4.50. The van der Waals surface area contributed by atoms with Crippen LogP contribution in [0.5, 0.6) is 0 Å². The van der Waals surface area contributed by atoms with E-state index in [-0.39, 0.29) is 17.4 Å². The summed E-state index contributed by atoms with van der Waals surface area (Å²) in [7, 11) is 0. The van der Waals surface area contributed by atoms with E-state index in [1.165, 1.54) is 12.1 Å². The van der Waals surface area contributed by atoms with Crippen LogP contribution in [0.25, 0.3) is 0 Å². The van der Waals surface area contributed by atoms with Gasteiger partial charge in [-0.1, -0.05) is 18.9 Å². The highest BCUT2D eigenvalue weighted by Gasteiger charge is 2.32. The summed E-state index contributed by atoms with van der Waals surface area (Å²) in [4.78, 5) is 27.0. The number of fused-ring (bicyclic) bond motifs is 1. The van der Waals surface area contributed by atoms with Gasteiger partial charge in [0.15, 0.2) is 0 Å². The fraction of sp³-hybridized carbons (Fsp3) is 0.364. The van der Waals surface area contributed by atoms with Crippen molar-refractivity contribution in [2.24, 2.45) is 5.92 Å². The topological polar surface area (TPSA) is 49.4 Å². The first-order valence-electron chi connectivity index (χ1n) is 9.76. The number of hydrogen-bond acceptors (Lipinski definition) is 2. The van der Waals surface area contributed by atoms with Crippen LogP contribution in [-0.4, -0.2) is 18.4 Å². The molecule has 1 heterocycles. The van der Waals surface area contributed by atoms with Crippen molar-refractivity contribution in [3.8, 4) is 0 Å². The highest BCUT2D eigenvalue weighted by molar-refractivity contribution is 6.05. The van der Waals surface area contributed by atoms with E-state index in [4.69, 9.17) is 0 Å². The van der Waals surface area contributed by atoms with Crippen molar-refractivity contribution in [3.63, 3.8) is 0 Å². The Hall–Kier alpha value is -2.83. The molecule has 29 heavy (non-hydrogen) atoms. The Morgan fingerprint density at radius 3 is 2.52 bits per heavy atom. The second kappa shape index (κ2) is 7.54. The van der Waals surface area contributed by atoms with Gasteiger partial charge in [0, 0.05) is 29.4 Å². The van der Waals surface area contributed by atoms with Crippen LogP contribution in [0.1, 0.15) is 47.2 Å². The second-order valence-electron chi connectivity index (χ2n) is 7.60.